The number of phenols is 1. The van der Waals surface area contributed by atoms with Crippen molar-refractivity contribution in [2.75, 3.05) is 7.05 Å². The van der Waals surface area contributed by atoms with Crippen molar-refractivity contribution in [3.63, 3.8) is 0 Å². The molecule has 2 aromatic rings. The molecule has 0 atom stereocenters. The van der Waals surface area contributed by atoms with Gasteiger partial charge in [0.2, 0.25) is 5.78 Å². The number of carbonyl (C=O) groups is 2. The van der Waals surface area contributed by atoms with Crippen molar-refractivity contribution in [2.24, 2.45) is 0 Å². The van der Waals surface area contributed by atoms with Crippen molar-refractivity contribution in [3.05, 3.63) is 65.2 Å². The van der Waals surface area contributed by atoms with E-state index < -0.39 is 11.7 Å². The highest BCUT2D eigenvalue weighted by Gasteiger charge is 2.22. The van der Waals surface area contributed by atoms with Crippen LogP contribution < -0.4 is 0 Å². The van der Waals surface area contributed by atoms with Crippen LogP contribution in [-0.4, -0.2) is 28.7 Å². The number of Topliss-reactive ketones (excluding diaryl/α,β-unsaturated/α-hetero) is 1. The first-order valence-electron chi connectivity index (χ1n) is 7.87. The molecule has 0 aliphatic heterocycles. The minimum Gasteiger partial charge on any atom is -0.508 e. The maximum atomic E-state index is 12.4. The second-order valence-corrected chi connectivity index (χ2v) is 6.95. The highest BCUT2D eigenvalue weighted by Crippen LogP contribution is 2.22. The summed E-state index contributed by atoms with van der Waals surface area (Å²) in [5, 5.41) is 9.78. The molecule has 2 rings (SSSR count). The lowest BCUT2D eigenvalue weighted by Gasteiger charge is -2.20. The van der Waals surface area contributed by atoms with Gasteiger partial charge in [0.25, 0.3) is 5.91 Å². The predicted molar refractivity (Wildman–Crippen MR) is 94.1 cm³/mol. The van der Waals surface area contributed by atoms with Crippen LogP contribution in [-0.2, 0) is 16.8 Å². The third-order valence-electron chi connectivity index (χ3n) is 3.95. The highest BCUT2D eigenvalue weighted by molar-refractivity contribution is 6.42. The molecule has 0 aliphatic rings. The molecule has 0 fully saturated rings. The van der Waals surface area contributed by atoms with Crippen molar-refractivity contribution in [2.45, 2.75) is 32.7 Å². The van der Waals surface area contributed by atoms with Crippen molar-refractivity contribution >= 4 is 11.7 Å². The SMILES string of the molecule is CN(Cc1ccccc1O)C(=O)C(=O)c1ccc(C(C)(C)C)cc1. The number of ketones is 1. The number of rotatable bonds is 4. The van der Waals surface area contributed by atoms with Gasteiger partial charge in [-0.3, -0.25) is 9.59 Å². The van der Waals surface area contributed by atoms with Gasteiger partial charge in [-0.1, -0.05) is 63.2 Å². The van der Waals surface area contributed by atoms with Gasteiger partial charge < -0.3 is 10.0 Å². The van der Waals surface area contributed by atoms with Gasteiger partial charge in [-0.25, -0.2) is 0 Å². The first-order chi connectivity index (χ1) is 11.2. The van der Waals surface area contributed by atoms with Crippen LogP contribution in [0.25, 0.3) is 0 Å². The van der Waals surface area contributed by atoms with E-state index in [1.807, 2.05) is 12.1 Å². The minimum absolute atomic E-state index is 0.00673. The molecule has 1 N–H and O–H groups in total. The lowest BCUT2D eigenvalue weighted by molar-refractivity contribution is -0.125. The molecule has 0 spiro atoms. The largest absolute Gasteiger partial charge is 0.508 e. The fraction of sp³-hybridized carbons (Fsp3) is 0.300. The zero-order chi connectivity index (χ0) is 17.9. The van der Waals surface area contributed by atoms with Gasteiger partial charge in [0, 0.05) is 24.7 Å². The van der Waals surface area contributed by atoms with E-state index in [1.165, 1.54) is 4.90 Å². The summed E-state index contributed by atoms with van der Waals surface area (Å²) in [6.45, 7) is 6.45. The Balaban J connectivity index is 2.11. The number of likely N-dealkylation sites (N-methyl/N-ethyl adjacent to an activating group) is 1. The zero-order valence-electron chi connectivity index (χ0n) is 14.5. The number of hydrogen-bond donors (Lipinski definition) is 1. The van der Waals surface area contributed by atoms with E-state index in [-0.39, 0.29) is 17.7 Å². The molecule has 1 amide bonds. The monoisotopic (exact) mass is 325 g/mol. The zero-order valence-corrected chi connectivity index (χ0v) is 14.5. The van der Waals surface area contributed by atoms with Crippen molar-refractivity contribution < 1.29 is 14.7 Å². The normalized spacial score (nSPS) is 11.2. The maximum Gasteiger partial charge on any atom is 0.295 e. The Morgan fingerprint density at radius 1 is 1.00 bits per heavy atom. The highest BCUT2D eigenvalue weighted by atomic mass is 16.3. The van der Waals surface area contributed by atoms with E-state index in [9.17, 15) is 14.7 Å². The fourth-order valence-corrected chi connectivity index (χ4v) is 2.39. The van der Waals surface area contributed by atoms with Crippen molar-refractivity contribution in [1.29, 1.82) is 0 Å². The summed E-state index contributed by atoms with van der Waals surface area (Å²) in [5.41, 5.74) is 2.07. The van der Waals surface area contributed by atoms with E-state index in [0.29, 0.717) is 11.1 Å². The second kappa shape index (κ2) is 6.87. The topological polar surface area (TPSA) is 57.6 Å². The van der Waals surface area contributed by atoms with E-state index in [1.54, 1.807) is 43.4 Å². The molecule has 0 unspecified atom stereocenters. The molecule has 0 bridgehead atoms. The number of amides is 1. The number of nitrogens with zero attached hydrogens (tertiary/aromatic N) is 1. The molecular weight excluding hydrogens is 302 g/mol. The van der Waals surface area contributed by atoms with Gasteiger partial charge in [-0.05, 0) is 17.0 Å². The summed E-state index contributed by atoms with van der Waals surface area (Å²) in [6, 6.07) is 13.9. The standard InChI is InChI=1S/C20H23NO3/c1-20(2,3)16-11-9-14(10-12-16)18(23)19(24)21(4)13-15-7-5-6-8-17(15)22/h5-12,22H,13H2,1-4H3. The molecule has 0 aliphatic carbocycles. The Labute approximate surface area is 142 Å². The van der Waals surface area contributed by atoms with Crippen LogP contribution in [0.1, 0.15) is 42.3 Å². The molecule has 0 saturated heterocycles. The minimum atomic E-state index is -0.596. The Morgan fingerprint density at radius 2 is 1.58 bits per heavy atom. The maximum absolute atomic E-state index is 12.4. The Morgan fingerprint density at radius 3 is 2.12 bits per heavy atom. The van der Waals surface area contributed by atoms with E-state index >= 15 is 0 Å². The Kier molecular flexibility index (Phi) is 5.07. The average Bonchev–Trinajstić information content (AvgIpc) is 2.55. The van der Waals surface area contributed by atoms with Crippen molar-refractivity contribution in [1.82, 2.24) is 4.90 Å². The van der Waals surface area contributed by atoms with Gasteiger partial charge >= 0.3 is 0 Å². The number of hydrogen-bond acceptors (Lipinski definition) is 3. The van der Waals surface area contributed by atoms with E-state index in [2.05, 4.69) is 20.8 Å². The van der Waals surface area contributed by atoms with E-state index in [0.717, 1.165) is 5.56 Å². The van der Waals surface area contributed by atoms with Gasteiger partial charge in [-0.2, -0.15) is 0 Å². The number of phenolic OH excluding ortho intramolecular Hbond substituents is 1. The number of benzene rings is 2. The molecule has 2 aromatic carbocycles. The summed E-state index contributed by atoms with van der Waals surface area (Å²) < 4.78 is 0. The van der Waals surface area contributed by atoms with Gasteiger partial charge in [-0.15, -0.1) is 0 Å². The lowest BCUT2D eigenvalue weighted by atomic mass is 9.86. The molecule has 126 valence electrons. The van der Waals surface area contributed by atoms with Gasteiger partial charge in [0.15, 0.2) is 0 Å². The molecule has 0 aromatic heterocycles. The lowest BCUT2D eigenvalue weighted by Crippen LogP contribution is -2.33. The number of carbonyl (C=O) groups excluding carboxylic acids is 2. The number of aromatic hydroxyl groups is 1. The van der Waals surface area contributed by atoms with E-state index in [4.69, 9.17) is 0 Å². The van der Waals surface area contributed by atoms with Gasteiger partial charge in [0.05, 0.1) is 0 Å². The average molecular weight is 325 g/mol. The summed E-state index contributed by atoms with van der Waals surface area (Å²) in [7, 11) is 1.55. The third kappa shape index (κ3) is 4.02. The fourth-order valence-electron chi connectivity index (χ4n) is 2.39. The Hall–Kier alpha value is -2.62. The second-order valence-electron chi connectivity index (χ2n) is 6.95. The third-order valence-corrected chi connectivity index (χ3v) is 3.95. The predicted octanol–water partition coefficient (Wildman–Crippen LogP) is 3.53. The molecular formula is C20H23NO3. The molecule has 24 heavy (non-hydrogen) atoms. The summed E-state index contributed by atoms with van der Waals surface area (Å²) in [5.74, 6) is -1.03. The summed E-state index contributed by atoms with van der Waals surface area (Å²) >= 11 is 0. The van der Waals surface area contributed by atoms with Crippen LogP contribution in [0.3, 0.4) is 0 Å². The molecule has 0 heterocycles. The first-order valence-corrected chi connectivity index (χ1v) is 7.87. The van der Waals surface area contributed by atoms with Crippen LogP contribution in [0.2, 0.25) is 0 Å². The van der Waals surface area contributed by atoms with Crippen LogP contribution in [0.15, 0.2) is 48.5 Å². The smallest absolute Gasteiger partial charge is 0.295 e. The molecule has 4 heteroatoms. The molecule has 0 radical (unpaired) electrons. The van der Waals surface area contributed by atoms with Gasteiger partial charge in [0.1, 0.15) is 5.75 Å². The van der Waals surface area contributed by atoms with Crippen LogP contribution in [0.5, 0.6) is 5.75 Å². The molecule has 4 nitrogen and oxygen atoms in total. The van der Waals surface area contributed by atoms with Crippen LogP contribution in [0.4, 0.5) is 0 Å². The van der Waals surface area contributed by atoms with Crippen molar-refractivity contribution in [3.8, 4) is 5.75 Å². The van der Waals surface area contributed by atoms with Crippen LogP contribution >= 0.6 is 0 Å². The quantitative estimate of drug-likeness (QED) is 0.691. The Bertz CT molecular complexity index is 742. The van der Waals surface area contributed by atoms with Crippen LogP contribution in [0, 0.1) is 0 Å². The number of para-hydroxylation sites is 1. The summed E-state index contributed by atoms with van der Waals surface area (Å²) in [6.07, 6.45) is 0. The first kappa shape index (κ1) is 17.7. The molecule has 0 saturated carbocycles. The summed E-state index contributed by atoms with van der Waals surface area (Å²) in [4.78, 5) is 26.0.